The maximum absolute atomic E-state index is 12.6. The molecule has 0 spiro atoms. The highest BCUT2D eigenvalue weighted by Crippen LogP contribution is 2.29. The van der Waals surface area contributed by atoms with Crippen LogP contribution in [-0.4, -0.2) is 39.5 Å². The Bertz CT molecular complexity index is 1200. The highest BCUT2D eigenvalue weighted by Gasteiger charge is 2.39. The number of hydrogen-bond donors (Lipinski definition) is 2. The van der Waals surface area contributed by atoms with Gasteiger partial charge in [0.25, 0.3) is 5.91 Å². The third-order valence-corrected chi connectivity index (χ3v) is 5.83. The summed E-state index contributed by atoms with van der Waals surface area (Å²) in [4.78, 5) is 30.5. The lowest BCUT2D eigenvalue weighted by atomic mass is 9.88. The van der Waals surface area contributed by atoms with Crippen LogP contribution in [0.2, 0.25) is 0 Å². The first-order chi connectivity index (χ1) is 14.8. The number of benzene rings is 1. The number of likely N-dealkylation sites (N-methyl/N-ethyl adjacent to an activating group) is 1. The zero-order valence-electron chi connectivity index (χ0n) is 17.8. The maximum atomic E-state index is 12.6. The molecule has 0 fully saturated rings. The van der Waals surface area contributed by atoms with Crippen LogP contribution in [0.25, 0.3) is 17.0 Å². The van der Waals surface area contributed by atoms with Gasteiger partial charge in [0.15, 0.2) is 0 Å². The first kappa shape index (κ1) is 20.8. The zero-order valence-corrected chi connectivity index (χ0v) is 17.8. The molecule has 1 unspecified atom stereocenters. The van der Waals surface area contributed by atoms with Crippen LogP contribution in [0.4, 0.5) is 5.82 Å². The van der Waals surface area contributed by atoms with Crippen molar-refractivity contribution in [1.29, 1.82) is 0 Å². The Hall–Kier alpha value is -3.45. The molecule has 2 N–H and O–H groups in total. The molecule has 0 radical (unpaired) electrons. The van der Waals surface area contributed by atoms with Crippen LogP contribution in [0.3, 0.4) is 0 Å². The minimum atomic E-state index is -1.43. The minimum absolute atomic E-state index is 0.170. The molecule has 7 nitrogen and oxygen atoms in total. The van der Waals surface area contributed by atoms with Crippen molar-refractivity contribution in [3.8, 4) is 0 Å². The third-order valence-electron chi connectivity index (χ3n) is 5.83. The Morgan fingerprint density at radius 3 is 2.90 bits per heavy atom. The molecule has 0 saturated carbocycles. The van der Waals surface area contributed by atoms with E-state index in [0.717, 1.165) is 33.4 Å². The fourth-order valence-corrected chi connectivity index (χ4v) is 3.74. The van der Waals surface area contributed by atoms with Gasteiger partial charge in [-0.25, -0.2) is 4.98 Å². The van der Waals surface area contributed by atoms with Gasteiger partial charge in [-0.1, -0.05) is 25.1 Å². The lowest BCUT2D eigenvalue weighted by Gasteiger charge is -2.31. The smallest absolute Gasteiger partial charge is 0.257 e. The van der Waals surface area contributed by atoms with E-state index in [2.05, 4.69) is 10.3 Å². The van der Waals surface area contributed by atoms with Crippen LogP contribution in [0.5, 0.6) is 0 Å². The van der Waals surface area contributed by atoms with E-state index >= 15 is 0 Å². The van der Waals surface area contributed by atoms with Crippen molar-refractivity contribution in [2.24, 2.45) is 0 Å². The fraction of sp³-hybridized carbons (Fsp3) is 0.292. The highest BCUT2D eigenvalue weighted by atomic mass is 16.3. The van der Waals surface area contributed by atoms with E-state index in [-0.39, 0.29) is 12.3 Å². The normalized spacial score (nSPS) is 18.3. The summed E-state index contributed by atoms with van der Waals surface area (Å²) in [5.41, 5.74) is 1.87. The van der Waals surface area contributed by atoms with Crippen molar-refractivity contribution in [1.82, 2.24) is 9.88 Å². The lowest BCUT2D eigenvalue weighted by molar-refractivity contribution is -0.135. The first-order valence-corrected chi connectivity index (χ1v) is 10.2. The minimum Gasteiger partial charge on any atom is -0.459 e. The van der Waals surface area contributed by atoms with Gasteiger partial charge >= 0.3 is 0 Å². The molecule has 1 aliphatic heterocycles. The van der Waals surface area contributed by atoms with Gasteiger partial charge in [0, 0.05) is 36.7 Å². The number of aliphatic hydroxyl groups is 1. The number of carbonyl (C=O) groups is 2. The summed E-state index contributed by atoms with van der Waals surface area (Å²) in [7, 11) is 1.72. The van der Waals surface area contributed by atoms with Crippen molar-refractivity contribution in [3.63, 3.8) is 0 Å². The number of para-hydroxylation sites is 1. The summed E-state index contributed by atoms with van der Waals surface area (Å²) in [6.07, 6.45) is 5.25. The second-order valence-corrected chi connectivity index (χ2v) is 7.97. The molecule has 1 atom stereocenters. The van der Waals surface area contributed by atoms with E-state index < -0.39 is 11.5 Å². The van der Waals surface area contributed by atoms with Gasteiger partial charge in [-0.15, -0.1) is 0 Å². The number of carbonyl (C=O) groups excluding carboxylic acids is 2. The van der Waals surface area contributed by atoms with Gasteiger partial charge < -0.3 is 19.7 Å². The average molecular weight is 419 g/mol. The predicted octanol–water partition coefficient (Wildman–Crippen LogP) is 3.44. The molecule has 3 aromatic rings. The largest absolute Gasteiger partial charge is 0.459 e. The number of amides is 2. The van der Waals surface area contributed by atoms with Crippen molar-refractivity contribution in [2.75, 3.05) is 12.4 Å². The van der Waals surface area contributed by atoms with E-state index in [1.54, 1.807) is 31.1 Å². The van der Waals surface area contributed by atoms with Crippen molar-refractivity contribution in [3.05, 3.63) is 65.1 Å². The molecule has 160 valence electrons. The van der Waals surface area contributed by atoms with Gasteiger partial charge in [0.05, 0.1) is 6.54 Å². The Kier molecular flexibility index (Phi) is 5.37. The second kappa shape index (κ2) is 8.00. The molecule has 0 aliphatic carbocycles. The molecular formula is C24H25N3O4. The van der Waals surface area contributed by atoms with E-state index in [1.807, 2.05) is 37.3 Å². The van der Waals surface area contributed by atoms with Crippen LogP contribution in [0.15, 0.2) is 47.0 Å². The number of nitrogens with zero attached hydrogens (tertiary/aromatic N) is 2. The van der Waals surface area contributed by atoms with Crippen molar-refractivity contribution in [2.45, 2.75) is 38.8 Å². The molecule has 31 heavy (non-hydrogen) atoms. The van der Waals surface area contributed by atoms with Gasteiger partial charge in [-0.05, 0) is 42.7 Å². The summed E-state index contributed by atoms with van der Waals surface area (Å²) in [5, 5.41) is 14.2. The lowest BCUT2D eigenvalue weighted by Crippen LogP contribution is -2.47. The summed E-state index contributed by atoms with van der Waals surface area (Å²) in [5.74, 6) is 0.603. The number of aromatic nitrogens is 1. The number of aryl methyl sites for hydroxylation is 1. The topological polar surface area (TPSA) is 95.7 Å². The Morgan fingerprint density at radius 2 is 2.16 bits per heavy atom. The Labute approximate surface area is 180 Å². The molecule has 1 aliphatic rings. The summed E-state index contributed by atoms with van der Waals surface area (Å²) < 4.78 is 5.90. The molecule has 0 saturated heterocycles. The third kappa shape index (κ3) is 3.96. The summed E-state index contributed by atoms with van der Waals surface area (Å²) in [6.45, 7) is 4.12. The SMILES string of the molecule is CCC1(O)Cc2cc(/C=C/C(=O)N(C)Cc3oc4ccccc4c3C)cnc2NC1=O. The van der Waals surface area contributed by atoms with E-state index in [1.165, 1.54) is 6.08 Å². The number of hydrogen-bond acceptors (Lipinski definition) is 5. The van der Waals surface area contributed by atoms with Crippen LogP contribution in [-0.2, 0) is 22.6 Å². The van der Waals surface area contributed by atoms with Crippen LogP contribution < -0.4 is 5.32 Å². The average Bonchev–Trinajstić information content (AvgIpc) is 3.08. The van der Waals surface area contributed by atoms with Crippen molar-refractivity contribution >= 4 is 34.7 Å². The Balaban J connectivity index is 1.47. The monoisotopic (exact) mass is 419 g/mol. The summed E-state index contributed by atoms with van der Waals surface area (Å²) in [6, 6.07) is 9.64. The number of pyridine rings is 1. The van der Waals surface area contributed by atoms with E-state index in [4.69, 9.17) is 4.42 Å². The fourth-order valence-electron chi connectivity index (χ4n) is 3.74. The molecule has 4 rings (SSSR count). The number of anilines is 1. The van der Waals surface area contributed by atoms with Crippen LogP contribution in [0.1, 0.15) is 35.8 Å². The van der Waals surface area contributed by atoms with Crippen LogP contribution >= 0.6 is 0 Å². The maximum Gasteiger partial charge on any atom is 0.257 e. The second-order valence-electron chi connectivity index (χ2n) is 7.97. The Morgan fingerprint density at radius 1 is 1.39 bits per heavy atom. The quantitative estimate of drug-likeness (QED) is 0.618. The zero-order chi connectivity index (χ0) is 22.2. The molecule has 1 aromatic carbocycles. The molecule has 2 amide bonds. The van der Waals surface area contributed by atoms with Gasteiger partial charge in [0.2, 0.25) is 5.91 Å². The standard InChI is InChI=1S/C24H25N3O4/c1-4-24(30)12-17-11-16(13-25-22(17)26-23(24)29)9-10-21(28)27(3)14-20-15(2)18-7-5-6-8-19(18)31-20/h5-11,13,30H,4,12,14H2,1-3H3,(H,25,26,29)/b10-9+. The van der Waals surface area contributed by atoms with Gasteiger partial charge in [-0.2, -0.15) is 0 Å². The molecular weight excluding hydrogens is 394 g/mol. The summed E-state index contributed by atoms with van der Waals surface area (Å²) >= 11 is 0. The molecule has 0 bridgehead atoms. The van der Waals surface area contributed by atoms with Crippen molar-refractivity contribution < 1.29 is 19.1 Å². The first-order valence-electron chi connectivity index (χ1n) is 10.2. The predicted molar refractivity (Wildman–Crippen MR) is 118 cm³/mol. The number of furan rings is 1. The highest BCUT2D eigenvalue weighted by molar-refractivity contribution is 5.99. The van der Waals surface area contributed by atoms with Gasteiger partial charge in [-0.3, -0.25) is 9.59 Å². The number of fused-ring (bicyclic) bond motifs is 2. The van der Waals surface area contributed by atoms with Crippen LogP contribution in [0, 0.1) is 6.92 Å². The molecule has 2 aromatic heterocycles. The van der Waals surface area contributed by atoms with E-state index in [9.17, 15) is 14.7 Å². The molecule has 7 heteroatoms. The van der Waals surface area contributed by atoms with E-state index in [0.29, 0.717) is 18.8 Å². The molecule has 3 heterocycles. The van der Waals surface area contributed by atoms with Gasteiger partial charge in [0.1, 0.15) is 22.8 Å². The number of rotatable bonds is 5. The number of nitrogens with one attached hydrogen (secondary N) is 1.